The first-order valence-electron chi connectivity index (χ1n) is 4.46. The zero-order valence-electron chi connectivity index (χ0n) is 8.14. The summed E-state index contributed by atoms with van der Waals surface area (Å²) < 4.78 is 1.78. The van der Waals surface area contributed by atoms with E-state index in [1.165, 1.54) is 0 Å². The van der Waals surface area contributed by atoms with E-state index >= 15 is 0 Å². The Bertz CT molecular complexity index is 505. The highest BCUT2D eigenvalue weighted by Crippen LogP contribution is 2.19. The molecule has 1 aromatic heterocycles. The van der Waals surface area contributed by atoms with Crippen molar-refractivity contribution in [1.82, 2.24) is 9.55 Å². The molecule has 0 atom stereocenters. The second-order valence-corrected chi connectivity index (χ2v) is 3.68. The minimum Gasteiger partial charge on any atom is -0.305 e. The summed E-state index contributed by atoms with van der Waals surface area (Å²) in [6.45, 7) is 1.89. The summed E-state index contributed by atoms with van der Waals surface area (Å²) in [5, 5.41) is 0.599. The molecule has 3 nitrogen and oxygen atoms in total. The van der Waals surface area contributed by atoms with Crippen LogP contribution in [-0.2, 0) is 0 Å². The van der Waals surface area contributed by atoms with Crippen molar-refractivity contribution >= 4 is 17.9 Å². The molecule has 0 saturated carbocycles. The van der Waals surface area contributed by atoms with Gasteiger partial charge in [0.25, 0.3) is 0 Å². The van der Waals surface area contributed by atoms with E-state index < -0.39 is 0 Å². The van der Waals surface area contributed by atoms with Crippen LogP contribution in [0.25, 0.3) is 5.69 Å². The van der Waals surface area contributed by atoms with Crippen LogP contribution in [0, 0.1) is 6.92 Å². The van der Waals surface area contributed by atoms with E-state index in [4.69, 9.17) is 11.6 Å². The summed E-state index contributed by atoms with van der Waals surface area (Å²) in [6.07, 6.45) is 4.31. The van der Waals surface area contributed by atoms with Gasteiger partial charge < -0.3 is 4.57 Å². The average Bonchev–Trinajstić information content (AvgIpc) is 2.65. The SMILES string of the molecule is Cc1cn(-c2cc(Cl)ccc2C=O)cn1. The normalized spacial score (nSPS) is 10.3. The Balaban J connectivity index is 2.59. The molecule has 0 radical (unpaired) electrons. The highest BCUT2D eigenvalue weighted by Gasteiger charge is 2.05. The monoisotopic (exact) mass is 220 g/mol. The second kappa shape index (κ2) is 3.87. The van der Waals surface area contributed by atoms with Crippen molar-refractivity contribution in [3.8, 4) is 5.69 Å². The number of rotatable bonds is 2. The third kappa shape index (κ3) is 1.92. The van der Waals surface area contributed by atoms with Gasteiger partial charge in [-0.2, -0.15) is 0 Å². The van der Waals surface area contributed by atoms with Crippen molar-refractivity contribution in [2.24, 2.45) is 0 Å². The fourth-order valence-electron chi connectivity index (χ4n) is 1.39. The molecule has 1 heterocycles. The lowest BCUT2D eigenvalue weighted by atomic mass is 10.2. The van der Waals surface area contributed by atoms with E-state index in [9.17, 15) is 4.79 Å². The molecular weight excluding hydrogens is 212 g/mol. The van der Waals surface area contributed by atoms with E-state index in [0.717, 1.165) is 17.7 Å². The summed E-state index contributed by atoms with van der Waals surface area (Å²) in [7, 11) is 0. The van der Waals surface area contributed by atoms with Gasteiger partial charge in [-0.1, -0.05) is 11.6 Å². The molecule has 0 amide bonds. The maximum absolute atomic E-state index is 10.8. The van der Waals surface area contributed by atoms with Crippen LogP contribution >= 0.6 is 11.6 Å². The maximum atomic E-state index is 10.8. The van der Waals surface area contributed by atoms with Gasteiger partial charge in [0.2, 0.25) is 0 Å². The topological polar surface area (TPSA) is 34.9 Å². The fraction of sp³-hybridized carbons (Fsp3) is 0.0909. The molecule has 4 heteroatoms. The first-order valence-corrected chi connectivity index (χ1v) is 4.84. The largest absolute Gasteiger partial charge is 0.305 e. The second-order valence-electron chi connectivity index (χ2n) is 3.24. The fourth-order valence-corrected chi connectivity index (χ4v) is 1.56. The Labute approximate surface area is 92.3 Å². The van der Waals surface area contributed by atoms with Crippen molar-refractivity contribution in [3.05, 3.63) is 47.0 Å². The van der Waals surface area contributed by atoms with Gasteiger partial charge in [0.1, 0.15) is 0 Å². The van der Waals surface area contributed by atoms with Crippen molar-refractivity contribution < 1.29 is 4.79 Å². The number of aromatic nitrogens is 2. The van der Waals surface area contributed by atoms with Crippen molar-refractivity contribution in [2.45, 2.75) is 6.92 Å². The molecule has 0 spiro atoms. The molecule has 0 fully saturated rings. The van der Waals surface area contributed by atoms with Gasteiger partial charge in [-0.15, -0.1) is 0 Å². The number of hydrogen-bond acceptors (Lipinski definition) is 2. The zero-order valence-corrected chi connectivity index (χ0v) is 8.90. The quantitative estimate of drug-likeness (QED) is 0.730. The minimum absolute atomic E-state index is 0.594. The Morgan fingerprint density at radius 3 is 2.87 bits per heavy atom. The van der Waals surface area contributed by atoms with E-state index in [1.54, 1.807) is 29.1 Å². The Hall–Kier alpha value is -1.61. The van der Waals surface area contributed by atoms with Crippen LogP contribution in [0.1, 0.15) is 16.1 Å². The summed E-state index contributed by atoms with van der Waals surface area (Å²) in [6, 6.07) is 5.13. The lowest BCUT2D eigenvalue weighted by Crippen LogP contribution is -1.96. The van der Waals surface area contributed by atoms with E-state index in [0.29, 0.717) is 10.6 Å². The van der Waals surface area contributed by atoms with Crippen LogP contribution in [0.15, 0.2) is 30.7 Å². The van der Waals surface area contributed by atoms with Gasteiger partial charge >= 0.3 is 0 Å². The first-order chi connectivity index (χ1) is 7.20. The Kier molecular flexibility index (Phi) is 2.56. The number of aryl methyl sites for hydroxylation is 1. The lowest BCUT2D eigenvalue weighted by molar-refractivity contribution is 0.112. The van der Waals surface area contributed by atoms with Crippen LogP contribution in [0.5, 0.6) is 0 Å². The zero-order chi connectivity index (χ0) is 10.8. The molecule has 0 aliphatic rings. The van der Waals surface area contributed by atoms with Crippen LogP contribution in [0.3, 0.4) is 0 Å². The number of benzene rings is 1. The smallest absolute Gasteiger partial charge is 0.152 e. The van der Waals surface area contributed by atoms with Crippen LogP contribution in [0.4, 0.5) is 0 Å². The molecule has 0 saturated heterocycles. The predicted molar refractivity (Wildman–Crippen MR) is 58.7 cm³/mol. The van der Waals surface area contributed by atoms with Crippen LogP contribution in [0.2, 0.25) is 5.02 Å². The summed E-state index contributed by atoms with van der Waals surface area (Å²) >= 11 is 5.88. The standard InChI is InChI=1S/C11H9ClN2O/c1-8-5-14(7-13-8)11-4-10(12)3-2-9(11)6-15/h2-7H,1H3. The van der Waals surface area contributed by atoms with Crippen molar-refractivity contribution in [2.75, 3.05) is 0 Å². The van der Waals surface area contributed by atoms with E-state index in [-0.39, 0.29) is 0 Å². The molecule has 76 valence electrons. The number of halogens is 1. The number of imidazole rings is 1. The molecule has 15 heavy (non-hydrogen) atoms. The molecule has 0 aliphatic heterocycles. The maximum Gasteiger partial charge on any atom is 0.152 e. The predicted octanol–water partition coefficient (Wildman–Crippen LogP) is 2.65. The molecule has 0 aliphatic carbocycles. The number of carbonyl (C=O) groups excluding carboxylic acids is 1. The van der Waals surface area contributed by atoms with Gasteiger partial charge in [-0.3, -0.25) is 4.79 Å². The van der Waals surface area contributed by atoms with Gasteiger partial charge in [0, 0.05) is 16.8 Å². The average molecular weight is 221 g/mol. The molecule has 1 aromatic carbocycles. The summed E-state index contributed by atoms with van der Waals surface area (Å²) in [4.78, 5) is 14.9. The third-order valence-electron chi connectivity index (χ3n) is 2.11. The van der Waals surface area contributed by atoms with Gasteiger partial charge in [0.05, 0.1) is 17.7 Å². The molecular formula is C11H9ClN2O. The van der Waals surface area contributed by atoms with Crippen molar-refractivity contribution in [1.29, 1.82) is 0 Å². The molecule has 2 aromatic rings. The van der Waals surface area contributed by atoms with Crippen LogP contribution < -0.4 is 0 Å². The summed E-state index contributed by atoms with van der Waals surface area (Å²) in [5.41, 5.74) is 2.24. The van der Waals surface area contributed by atoms with Gasteiger partial charge in [0.15, 0.2) is 6.29 Å². The molecule has 0 bridgehead atoms. The summed E-state index contributed by atoms with van der Waals surface area (Å²) in [5.74, 6) is 0. The number of carbonyl (C=O) groups is 1. The lowest BCUT2D eigenvalue weighted by Gasteiger charge is -2.05. The highest BCUT2D eigenvalue weighted by molar-refractivity contribution is 6.30. The number of aldehydes is 1. The van der Waals surface area contributed by atoms with Gasteiger partial charge in [-0.25, -0.2) is 4.98 Å². The van der Waals surface area contributed by atoms with Crippen LogP contribution in [-0.4, -0.2) is 15.8 Å². The molecule has 2 rings (SSSR count). The van der Waals surface area contributed by atoms with Crippen molar-refractivity contribution in [3.63, 3.8) is 0 Å². The minimum atomic E-state index is 0.594. The molecule has 0 N–H and O–H groups in total. The van der Waals surface area contributed by atoms with E-state index in [2.05, 4.69) is 4.98 Å². The van der Waals surface area contributed by atoms with Gasteiger partial charge in [-0.05, 0) is 25.1 Å². The molecule has 0 unspecified atom stereocenters. The third-order valence-corrected chi connectivity index (χ3v) is 2.34. The Morgan fingerprint density at radius 2 is 2.27 bits per heavy atom. The Morgan fingerprint density at radius 1 is 1.47 bits per heavy atom. The first kappa shape index (κ1) is 9.93. The van der Waals surface area contributed by atoms with E-state index in [1.807, 2.05) is 13.1 Å². The number of hydrogen-bond donors (Lipinski definition) is 0. The highest BCUT2D eigenvalue weighted by atomic mass is 35.5. The number of nitrogens with zero attached hydrogens (tertiary/aromatic N) is 2.